The predicted octanol–water partition coefficient (Wildman–Crippen LogP) is 8.22. The van der Waals surface area contributed by atoms with Gasteiger partial charge in [0.05, 0.1) is 31.7 Å². The molecule has 0 unspecified atom stereocenters. The second-order valence-electron chi connectivity index (χ2n) is 11.3. The molecule has 1 aromatic heterocycles. The number of halogens is 7. The van der Waals surface area contributed by atoms with Gasteiger partial charge >= 0.3 is 0 Å². The third kappa shape index (κ3) is 7.34. The molecule has 0 radical (unpaired) electrons. The highest BCUT2D eigenvalue weighted by Crippen LogP contribution is 2.39. The number of aliphatic hydroxyl groups is 1. The highest BCUT2D eigenvalue weighted by atomic mass is 35.5. The van der Waals surface area contributed by atoms with Gasteiger partial charge < -0.3 is 24.5 Å². The lowest BCUT2D eigenvalue weighted by molar-refractivity contribution is -0.252. The number of carbonyl (C=O) groups is 1. The van der Waals surface area contributed by atoms with Gasteiger partial charge in [-0.3, -0.25) is 4.79 Å². The van der Waals surface area contributed by atoms with Crippen LogP contribution in [0.5, 0.6) is 0 Å². The molecule has 254 valence electrons. The number of rotatable bonds is 9. The highest BCUT2D eigenvalue weighted by Gasteiger charge is 2.33. The van der Waals surface area contributed by atoms with Crippen molar-refractivity contribution in [2.45, 2.75) is 44.6 Å². The molecule has 1 amide bonds. The number of imidazole rings is 1. The van der Waals surface area contributed by atoms with E-state index in [2.05, 4.69) is 10.3 Å². The SMILES string of the molecule is O=C(NCc1cccc(-c2ccc([C@H]3O[C@@H](Cn4cnc(Cl)c4Cl)C[C@@H](c4ccc(CO)cc4)O3)cc2)c1)c1c(F)c(F)c(F)c(F)c1F. The van der Waals surface area contributed by atoms with E-state index in [-0.39, 0.29) is 30.5 Å². The Morgan fingerprint density at radius 2 is 1.49 bits per heavy atom. The molecule has 2 N–H and O–H groups in total. The van der Waals surface area contributed by atoms with Crippen molar-refractivity contribution in [2.75, 3.05) is 0 Å². The summed E-state index contributed by atoms with van der Waals surface area (Å²) in [5, 5.41) is 12.1. The maximum absolute atomic E-state index is 14.1. The number of hydrogen-bond acceptors (Lipinski definition) is 5. The van der Waals surface area contributed by atoms with Crippen LogP contribution in [0.4, 0.5) is 22.0 Å². The van der Waals surface area contributed by atoms with Crippen LogP contribution in [0.2, 0.25) is 10.3 Å². The summed E-state index contributed by atoms with van der Waals surface area (Å²) >= 11 is 12.4. The molecule has 49 heavy (non-hydrogen) atoms. The van der Waals surface area contributed by atoms with Gasteiger partial charge in [0.2, 0.25) is 5.82 Å². The summed E-state index contributed by atoms with van der Waals surface area (Å²) in [5.41, 5.74) is 2.86. The fourth-order valence-corrected chi connectivity index (χ4v) is 5.80. The van der Waals surface area contributed by atoms with Crippen LogP contribution in [0.25, 0.3) is 11.1 Å². The van der Waals surface area contributed by atoms with Gasteiger partial charge in [0, 0.05) is 18.5 Å². The quantitative estimate of drug-likeness (QED) is 0.0912. The zero-order valence-electron chi connectivity index (χ0n) is 25.3. The summed E-state index contributed by atoms with van der Waals surface area (Å²) in [5.74, 6) is -12.6. The number of nitrogens with zero attached hydrogens (tertiary/aromatic N) is 2. The van der Waals surface area contributed by atoms with Crippen molar-refractivity contribution in [3.63, 3.8) is 0 Å². The van der Waals surface area contributed by atoms with Crippen molar-refractivity contribution in [1.29, 1.82) is 0 Å². The van der Waals surface area contributed by atoms with Gasteiger partial charge in [-0.05, 0) is 33.9 Å². The zero-order valence-corrected chi connectivity index (χ0v) is 26.8. The van der Waals surface area contributed by atoms with Gasteiger partial charge in [-0.1, -0.05) is 89.9 Å². The van der Waals surface area contributed by atoms with Crippen molar-refractivity contribution in [1.82, 2.24) is 14.9 Å². The van der Waals surface area contributed by atoms with Gasteiger partial charge in [-0.25, -0.2) is 26.9 Å². The standard InChI is InChI=1S/C35H26Cl2F5N3O4/c36-32-33(37)45(17-44-32)15-24-13-25(21-6-4-18(16-46)5-7-21)49-35(48-24)22-10-8-20(9-11-22)23-3-1-2-19(12-23)14-43-34(47)26-27(38)29(40)31(42)30(41)28(26)39/h1-12,17,24-25,35,46H,13-16H2,(H,43,47)/t24-,25+,35+/m1/s1. The molecule has 2 heterocycles. The zero-order chi connectivity index (χ0) is 34.8. The molecule has 0 bridgehead atoms. The van der Waals surface area contributed by atoms with Crippen LogP contribution in [0.15, 0.2) is 79.1 Å². The Balaban J connectivity index is 1.18. The van der Waals surface area contributed by atoms with E-state index in [9.17, 15) is 31.9 Å². The smallest absolute Gasteiger partial charge is 0.257 e. The van der Waals surface area contributed by atoms with Gasteiger partial charge in [-0.2, -0.15) is 0 Å². The first kappa shape index (κ1) is 34.5. The fourth-order valence-electron chi connectivity index (χ4n) is 5.49. The van der Waals surface area contributed by atoms with Crippen LogP contribution in [0.3, 0.4) is 0 Å². The van der Waals surface area contributed by atoms with Crippen LogP contribution in [-0.2, 0) is 29.2 Å². The van der Waals surface area contributed by atoms with Crippen LogP contribution in [0, 0.1) is 29.1 Å². The van der Waals surface area contributed by atoms with Crippen molar-refractivity contribution >= 4 is 29.1 Å². The molecule has 0 aliphatic carbocycles. The van der Waals surface area contributed by atoms with E-state index in [4.69, 9.17) is 32.7 Å². The summed E-state index contributed by atoms with van der Waals surface area (Å²) in [4.78, 5) is 16.5. The topological polar surface area (TPSA) is 85.6 Å². The van der Waals surface area contributed by atoms with Crippen molar-refractivity contribution in [3.8, 4) is 11.1 Å². The average molecular weight is 719 g/mol. The first-order chi connectivity index (χ1) is 23.5. The van der Waals surface area contributed by atoms with Crippen LogP contribution < -0.4 is 5.32 Å². The molecule has 4 aromatic carbocycles. The molecular weight excluding hydrogens is 692 g/mol. The first-order valence-corrected chi connectivity index (χ1v) is 15.6. The van der Waals surface area contributed by atoms with Crippen molar-refractivity contribution < 1.29 is 41.3 Å². The van der Waals surface area contributed by atoms with Gasteiger partial charge in [-0.15, -0.1) is 0 Å². The molecule has 14 heteroatoms. The van der Waals surface area contributed by atoms with Crippen LogP contribution in [-0.4, -0.2) is 26.7 Å². The minimum atomic E-state index is -2.34. The molecule has 1 fully saturated rings. The van der Waals surface area contributed by atoms with E-state index in [1.54, 1.807) is 28.8 Å². The van der Waals surface area contributed by atoms with E-state index in [1.165, 1.54) is 6.33 Å². The number of nitrogens with one attached hydrogen (secondary N) is 1. The Bertz CT molecular complexity index is 1960. The lowest BCUT2D eigenvalue weighted by Crippen LogP contribution is -2.32. The minimum Gasteiger partial charge on any atom is -0.392 e. The second kappa shape index (κ2) is 14.7. The Morgan fingerprint density at radius 1 is 0.837 bits per heavy atom. The number of amides is 1. The van der Waals surface area contributed by atoms with E-state index in [0.29, 0.717) is 23.7 Å². The third-order valence-corrected chi connectivity index (χ3v) is 8.85. The monoisotopic (exact) mass is 717 g/mol. The average Bonchev–Trinajstić information content (AvgIpc) is 3.44. The molecule has 5 aromatic rings. The van der Waals surface area contributed by atoms with Crippen LogP contribution >= 0.6 is 23.2 Å². The van der Waals surface area contributed by atoms with Crippen molar-refractivity contribution in [3.05, 3.63) is 146 Å². The Hall–Kier alpha value is -4.33. The Kier molecular flexibility index (Phi) is 10.3. The summed E-state index contributed by atoms with van der Waals surface area (Å²) < 4.78 is 83.2. The predicted molar refractivity (Wildman–Crippen MR) is 170 cm³/mol. The molecule has 0 spiro atoms. The molecule has 1 aliphatic heterocycles. The normalized spacial score (nSPS) is 17.7. The molecule has 0 saturated carbocycles. The number of ether oxygens (including phenoxy) is 2. The Morgan fingerprint density at radius 3 is 2.12 bits per heavy atom. The lowest BCUT2D eigenvalue weighted by atomic mass is 9.99. The van der Waals surface area contributed by atoms with Gasteiger partial charge in [0.15, 0.2) is 34.7 Å². The maximum Gasteiger partial charge on any atom is 0.257 e. The van der Waals surface area contributed by atoms with Gasteiger partial charge in [0.25, 0.3) is 5.91 Å². The molecule has 1 aliphatic rings. The fraction of sp³-hybridized carbons (Fsp3) is 0.200. The number of hydrogen-bond donors (Lipinski definition) is 2. The highest BCUT2D eigenvalue weighted by molar-refractivity contribution is 6.40. The lowest BCUT2D eigenvalue weighted by Gasteiger charge is -2.36. The van der Waals surface area contributed by atoms with Crippen LogP contribution in [0.1, 0.15) is 51.4 Å². The maximum atomic E-state index is 14.1. The first-order valence-electron chi connectivity index (χ1n) is 14.9. The summed E-state index contributed by atoms with van der Waals surface area (Å²) in [7, 11) is 0. The minimum absolute atomic E-state index is 0.0810. The molecule has 6 rings (SSSR count). The van der Waals surface area contributed by atoms with E-state index in [1.807, 2.05) is 48.5 Å². The number of aliphatic hydroxyl groups excluding tert-OH is 1. The van der Waals surface area contributed by atoms with Crippen molar-refractivity contribution in [2.24, 2.45) is 0 Å². The summed E-state index contributed by atoms with van der Waals surface area (Å²) in [6, 6.07) is 21.7. The Labute approximate surface area is 286 Å². The number of benzene rings is 4. The van der Waals surface area contributed by atoms with E-state index < -0.39 is 46.8 Å². The number of carbonyl (C=O) groups excluding carboxylic acids is 1. The largest absolute Gasteiger partial charge is 0.392 e. The third-order valence-electron chi connectivity index (χ3n) is 8.08. The summed E-state index contributed by atoms with van der Waals surface area (Å²) in [6.07, 6.45) is 0.617. The molecule has 1 saturated heterocycles. The summed E-state index contributed by atoms with van der Waals surface area (Å²) in [6.45, 7) is 0.0416. The number of aromatic nitrogens is 2. The van der Waals surface area contributed by atoms with E-state index in [0.717, 1.165) is 27.8 Å². The van der Waals surface area contributed by atoms with Gasteiger partial charge in [0.1, 0.15) is 10.7 Å². The van der Waals surface area contributed by atoms with E-state index >= 15 is 0 Å². The second-order valence-corrected chi connectivity index (χ2v) is 12.0. The molecule has 3 atom stereocenters. The molecular formula is C35H26Cl2F5N3O4. The molecule has 7 nitrogen and oxygen atoms in total.